The van der Waals surface area contributed by atoms with Crippen LogP contribution in [0.4, 0.5) is 10.1 Å². The van der Waals surface area contributed by atoms with Gasteiger partial charge in [0.1, 0.15) is 11.6 Å². The van der Waals surface area contributed by atoms with Crippen molar-refractivity contribution in [1.82, 2.24) is 5.32 Å². The van der Waals surface area contributed by atoms with Crippen LogP contribution in [0.2, 0.25) is 0 Å². The average Bonchev–Trinajstić information content (AvgIpc) is 2.46. The molecule has 0 amide bonds. The van der Waals surface area contributed by atoms with Crippen molar-refractivity contribution in [3.8, 4) is 5.75 Å². The predicted octanol–water partition coefficient (Wildman–Crippen LogP) is 3.32. The van der Waals surface area contributed by atoms with Gasteiger partial charge in [-0.15, -0.1) is 0 Å². The molecule has 2 rings (SSSR count). The van der Waals surface area contributed by atoms with Crippen LogP contribution in [0.5, 0.6) is 5.75 Å². The van der Waals surface area contributed by atoms with Gasteiger partial charge in [-0.25, -0.2) is 4.39 Å². The van der Waals surface area contributed by atoms with Gasteiger partial charge in [0.15, 0.2) is 5.11 Å². The molecule has 0 saturated carbocycles. The fourth-order valence-corrected chi connectivity index (χ4v) is 1.88. The Balaban J connectivity index is 1.91. The number of ether oxygens (including phenoxy) is 1. The minimum absolute atomic E-state index is 0.246. The molecule has 0 aliphatic carbocycles. The minimum atomic E-state index is -0.246. The van der Waals surface area contributed by atoms with Crippen molar-refractivity contribution in [2.75, 3.05) is 12.4 Å². The molecule has 0 saturated heterocycles. The van der Waals surface area contributed by atoms with E-state index in [9.17, 15) is 4.39 Å². The summed E-state index contributed by atoms with van der Waals surface area (Å²) >= 11 is 5.17. The number of halogens is 1. The summed E-state index contributed by atoms with van der Waals surface area (Å²) in [5.74, 6) is 0.496. The Labute approximate surface area is 122 Å². The Morgan fingerprint density at radius 3 is 2.75 bits per heavy atom. The first-order valence-electron chi connectivity index (χ1n) is 6.11. The van der Waals surface area contributed by atoms with E-state index < -0.39 is 0 Å². The molecule has 0 atom stereocenters. The third-order valence-corrected chi connectivity index (χ3v) is 2.97. The zero-order valence-corrected chi connectivity index (χ0v) is 11.8. The Hall–Kier alpha value is -2.14. The van der Waals surface area contributed by atoms with Gasteiger partial charge in [-0.2, -0.15) is 0 Å². The van der Waals surface area contributed by atoms with Crippen molar-refractivity contribution >= 4 is 23.0 Å². The van der Waals surface area contributed by atoms with Crippen LogP contribution in [0.1, 0.15) is 5.56 Å². The molecule has 0 aromatic heterocycles. The summed E-state index contributed by atoms with van der Waals surface area (Å²) in [7, 11) is 1.61. The van der Waals surface area contributed by atoms with Gasteiger partial charge in [-0.3, -0.25) is 0 Å². The Morgan fingerprint density at radius 2 is 2.00 bits per heavy atom. The molecule has 3 nitrogen and oxygen atoms in total. The lowest BCUT2D eigenvalue weighted by molar-refractivity contribution is 0.415. The van der Waals surface area contributed by atoms with E-state index in [1.54, 1.807) is 25.3 Å². The fourth-order valence-electron chi connectivity index (χ4n) is 1.69. The minimum Gasteiger partial charge on any atom is -0.497 e. The van der Waals surface area contributed by atoms with Crippen molar-refractivity contribution in [3.63, 3.8) is 0 Å². The highest BCUT2D eigenvalue weighted by Crippen LogP contribution is 2.16. The van der Waals surface area contributed by atoms with Gasteiger partial charge in [-0.05, 0) is 30.4 Å². The molecule has 0 bridgehead atoms. The molecule has 0 aliphatic rings. The smallest absolute Gasteiger partial charge is 0.171 e. The largest absolute Gasteiger partial charge is 0.497 e. The third kappa shape index (κ3) is 3.93. The number of hydrogen-bond donors (Lipinski definition) is 2. The van der Waals surface area contributed by atoms with E-state index in [1.807, 2.05) is 24.3 Å². The van der Waals surface area contributed by atoms with Crippen LogP contribution in [-0.2, 0) is 6.54 Å². The lowest BCUT2D eigenvalue weighted by Crippen LogP contribution is -2.28. The lowest BCUT2D eigenvalue weighted by Gasteiger charge is -2.11. The lowest BCUT2D eigenvalue weighted by atomic mass is 10.2. The highest BCUT2D eigenvalue weighted by atomic mass is 32.1. The van der Waals surface area contributed by atoms with Crippen molar-refractivity contribution in [2.45, 2.75) is 6.54 Å². The van der Waals surface area contributed by atoms with E-state index >= 15 is 0 Å². The van der Waals surface area contributed by atoms with Crippen LogP contribution in [0.15, 0.2) is 48.5 Å². The second-order valence-corrected chi connectivity index (χ2v) is 4.54. The van der Waals surface area contributed by atoms with Crippen molar-refractivity contribution in [1.29, 1.82) is 0 Å². The Kier molecular flexibility index (Phi) is 4.90. The summed E-state index contributed by atoms with van der Waals surface area (Å²) in [4.78, 5) is 0. The normalized spacial score (nSPS) is 9.90. The number of rotatable bonds is 4. The molecular formula is C15H15FN2OS. The van der Waals surface area contributed by atoms with E-state index in [0.717, 1.165) is 11.4 Å². The van der Waals surface area contributed by atoms with Crippen LogP contribution in [0, 0.1) is 5.82 Å². The summed E-state index contributed by atoms with van der Waals surface area (Å²) in [5, 5.41) is 6.42. The van der Waals surface area contributed by atoms with Gasteiger partial charge in [0.05, 0.1) is 7.11 Å². The first-order valence-corrected chi connectivity index (χ1v) is 6.52. The van der Waals surface area contributed by atoms with Gasteiger partial charge in [0, 0.05) is 23.9 Å². The summed E-state index contributed by atoms with van der Waals surface area (Å²) < 4.78 is 18.6. The van der Waals surface area contributed by atoms with Crippen LogP contribution in [0.3, 0.4) is 0 Å². The van der Waals surface area contributed by atoms with Crippen molar-refractivity contribution < 1.29 is 9.13 Å². The highest BCUT2D eigenvalue weighted by molar-refractivity contribution is 7.80. The molecule has 2 aromatic carbocycles. The Morgan fingerprint density at radius 1 is 1.20 bits per heavy atom. The average molecular weight is 290 g/mol. The van der Waals surface area contributed by atoms with E-state index in [-0.39, 0.29) is 5.82 Å². The summed E-state index contributed by atoms with van der Waals surface area (Å²) in [6.45, 7) is 0.336. The molecule has 0 heterocycles. The van der Waals surface area contributed by atoms with Crippen molar-refractivity contribution in [2.24, 2.45) is 0 Å². The van der Waals surface area contributed by atoms with Crippen LogP contribution < -0.4 is 15.4 Å². The van der Waals surface area contributed by atoms with E-state index in [2.05, 4.69) is 10.6 Å². The number of thiocarbonyl (C=S) groups is 1. The molecule has 5 heteroatoms. The zero-order valence-electron chi connectivity index (χ0n) is 11.0. The first-order chi connectivity index (χ1) is 9.69. The topological polar surface area (TPSA) is 33.3 Å². The zero-order chi connectivity index (χ0) is 14.4. The molecule has 2 N–H and O–H groups in total. The maximum absolute atomic E-state index is 13.4. The standard InChI is InChI=1S/C15H15FN2OS/c1-19-13-7-4-6-12(9-13)18-15(20)17-10-11-5-2-3-8-14(11)16/h2-9H,10H2,1H3,(H2,17,18,20). The highest BCUT2D eigenvalue weighted by Gasteiger charge is 2.02. The van der Waals surface area contributed by atoms with Gasteiger partial charge in [0.2, 0.25) is 0 Å². The van der Waals surface area contributed by atoms with Gasteiger partial charge in [0.25, 0.3) is 0 Å². The number of methoxy groups -OCH3 is 1. The molecule has 0 aliphatic heterocycles. The molecule has 0 fully saturated rings. The van der Waals surface area contributed by atoms with E-state index in [4.69, 9.17) is 17.0 Å². The quantitative estimate of drug-likeness (QED) is 0.846. The summed E-state index contributed by atoms with van der Waals surface area (Å²) in [6, 6.07) is 14.0. The summed E-state index contributed by atoms with van der Waals surface area (Å²) in [6.07, 6.45) is 0. The number of anilines is 1. The molecule has 20 heavy (non-hydrogen) atoms. The second kappa shape index (κ2) is 6.86. The predicted molar refractivity (Wildman–Crippen MR) is 82.5 cm³/mol. The maximum atomic E-state index is 13.4. The van der Waals surface area contributed by atoms with E-state index in [1.165, 1.54) is 6.07 Å². The van der Waals surface area contributed by atoms with Crippen LogP contribution in [0.25, 0.3) is 0 Å². The van der Waals surface area contributed by atoms with E-state index in [0.29, 0.717) is 17.2 Å². The molecule has 0 radical (unpaired) electrons. The monoisotopic (exact) mass is 290 g/mol. The molecule has 0 unspecified atom stereocenters. The van der Waals surface area contributed by atoms with Gasteiger partial charge in [-0.1, -0.05) is 24.3 Å². The van der Waals surface area contributed by atoms with Crippen LogP contribution in [-0.4, -0.2) is 12.2 Å². The first kappa shape index (κ1) is 14.3. The number of benzene rings is 2. The fraction of sp³-hybridized carbons (Fsp3) is 0.133. The third-order valence-electron chi connectivity index (χ3n) is 2.72. The summed E-state index contributed by atoms with van der Waals surface area (Å²) in [5.41, 5.74) is 1.39. The van der Waals surface area contributed by atoms with Crippen molar-refractivity contribution in [3.05, 3.63) is 59.9 Å². The molecular weight excluding hydrogens is 275 g/mol. The SMILES string of the molecule is COc1cccc(NC(=S)NCc2ccccc2F)c1. The second-order valence-electron chi connectivity index (χ2n) is 4.13. The number of nitrogens with one attached hydrogen (secondary N) is 2. The number of hydrogen-bond acceptors (Lipinski definition) is 2. The molecule has 2 aromatic rings. The molecule has 104 valence electrons. The Bertz CT molecular complexity index is 604. The van der Waals surface area contributed by atoms with Gasteiger partial charge < -0.3 is 15.4 Å². The van der Waals surface area contributed by atoms with Gasteiger partial charge >= 0.3 is 0 Å². The van der Waals surface area contributed by atoms with Crippen LogP contribution >= 0.6 is 12.2 Å². The maximum Gasteiger partial charge on any atom is 0.171 e. The molecule has 0 spiro atoms.